The van der Waals surface area contributed by atoms with Gasteiger partial charge in [0.25, 0.3) is 0 Å². The van der Waals surface area contributed by atoms with E-state index in [0.717, 1.165) is 29.7 Å². The second kappa shape index (κ2) is 13.7. The molecule has 0 aliphatic heterocycles. The topological polar surface area (TPSA) is 88.1 Å². The molecular formula is C28H40N2O5. The number of unbranched alkanes of at least 4 members (excludes halogenated alkanes) is 3. The van der Waals surface area contributed by atoms with Crippen molar-refractivity contribution in [2.75, 3.05) is 18.5 Å². The van der Waals surface area contributed by atoms with Gasteiger partial charge < -0.3 is 19.9 Å². The van der Waals surface area contributed by atoms with E-state index in [0.29, 0.717) is 29.8 Å². The Morgan fingerprint density at radius 3 is 2.31 bits per heavy atom. The molecule has 2 aromatic rings. The van der Waals surface area contributed by atoms with Gasteiger partial charge in [0, 0.05) is 23.8 Å². The smallest absolute Gasteiger partial charge is 0.397 e. The molecule has 2 rings (SSSR count). The third kappa shape index (κ3) is 8.58. The molecular weight excluding hydrogens is 444 g/mol. The number of nitrogens with zero attached hydrogens (tertiary/aromatic N) is 1. The van der Waals surface area contributed by atoms with Gasteiger partial charge in [-0.1, -0.05) is 26.2 Å². The molecule has 7 nitrogen and oxygen atoms in total. The Balaban J connectivity index is 2.16. The van der Waals surface area contributed by atoms with Gasteiger partial charge >= 0.3 is 11.9 Å². The predicted molar refractivity (Wildman–Crippen MR) is 139 cm³/mol. The van der Waals surface area contributed by atoms with Crippen molar-refractivity contribution in [3.05, 3.63) is 47.0 Å². The van der Waals surface area contributed by atoms with Crippen LogP contribution in [0.3, 0.4) is 0 Å². The first-order valence-corrected chi connectivity index (χ1v) is 12.5. The Kier molecular flexibility index (Phi) is 11.1. The minimum atomic E-state index is -0.916. The summed E-state index contributed by atoms with van der Waals surface area (Å²) in [6, 6.07) is 9.15. The molecule has 2 aromatic carbocycles. The first-order valence-electron chi connectivity index (χ1n) is 12.5. The first kappa shape index (κ1) is 28.2. The van der Waals surface area contributed by atoms with E-state index in [1.54, 1.807) is 31.2 Å². The highest BCUT2D eigenvalue weighted by molar-refractivity contribution is 6.37. The summed E-state index contributed by atoms with van der Waals surface area (Å²) in [7, 11) is 0. The van der Waals surface area contributed by atoms with E-state index in [1.165, 1.54) is 19.3 Å². The van der Waals surface area contributed by atoms with Crippen LogP contribution >= 0.6 is 0 Å². The number of aryl methyl sites for hydroxylation is 2. The van der Waals surface area contributed by atoms with Gasteiger partial charge in [-0.2, -0.15) is 0 Å². The maximum Gasteiger partial charge on any atom is 0.397 e. The normalized spacial score (nSPS) is 11.1. The number of hydrogen-bond acceptors (Lipinski definition) is 6. The van der Waals surface area contributed by atoms with Crippen molar-refractivity contribution in [2.24, 2.45) is 0 Å². The molecule has 0 atom stereocenters. The molecule has 0 aromatic heterocycles. The summed E-state index contributed by atoms with van der Waals surface area (Å²) in [6.45, 7) is 13.7. The third-order valence-electron chi connectivity index (χ3n) is 5.85. The van der Waals surface area contributed by atoms with E-state index in [1.807, 2.05) is 19.9 Å². The number of phenolic OH excluding ortho intramolecular Hbond substituents is 1. The van der Waals surface area contributed by atoms with Crippen LogP contribution in [0.4, 0.5) is 5.69 Å². The Morgan fingerprint density at radius 1 is 1.03 bits per heavy atom. The minimum Gasteiger partial charge on any atom is -0.508 e. The van der Waals surface area contributed by atoms with Crippen LogP contribution < -0.4 is 10.1 Å². The summed E-state index contributed by atoms with van der Waals surface area (Å²) in [5.41, 5.74) is 2.92. The lowest BCUT2D eigenvalue weighted by atomic mass is 10.1. The van der Waals surface area contributed by atoms with Crippen molar-refractivity contribution < 1.29 is 24.2 Å². The van der Waals surface area contributed by atoms with E-state index in [4.69, 9.17) is 9.47 Å². The number of carbonyl (C=O) groups excluding carboxylic acids is 2. The van der Waals surface area contributed by atoms with Crippen LogP contribution in [0.15, 0.2) is 30.3 Å². The monoisotopic (exact) mass is 484 g/mol. The Labute approximate surface area is 209 Å². The summed E-state index contributed by atoms with van der Waals surface area (Å²) in [5.74, 6) is -0.187. The van der Waals surface area contributed by atoms with Crippen molar-refractivity contribution in [2.45, 2.75) is 79.8 Å². The fraction of sp³-hybridized carbons (Fsp3) is 0.500. The zero-order chi connectivity index (χ0) is 26.0. The lowest BCUT2D eigenvalue weighted by Gasteiger charge is -2.27. The number of carbonyl (C=O) groups is 2. The SMILES string of the molecule is CCCCCCN(Cc1cc(Oc2c(C)cc(NC(=O)C(=O)OCC)cc2C)ccc1O)C(C)C. The Morgan fingerprint density at radius 2 is 1.71 bits per heavy atom. The zero-order valence-electron chi connectivity index (χ0n) is 21.9. The molecule has 0 saturated heterocycles. The lowest BCUT2D eigenvalue weighted by molar-refractivity contribution is -0.152. The van der Waals surface area contributed by atoms with Gasteiger partial charge in [0.15, 0.2) is 0 Å². The summed E-state index contributed by atoms with van der Waals surface area (Å²) in [5, 5.41) is 13.1. The van der Waals surface area contributed by atoms with Crippen molar-refractivity contribution >= 4 is 17.6 Å². The molecule has 0 aliphatic carbocycles. The Hall–Kier alpha value is -3.06. The van der Waals surface area contributed by atoms with Gasteiger partial charge in [-0.15, -0.1) is 0 Å². The largest absolute Gasteiger partial charge is 0.508 e. The Bertz CT molecular complexity index is 980. The van der Waals surface area contributed by atoms with E-state index in [9.17, 15) is 14.7 Å². The number of amides is 1. The lowest BCUT2D eigenvalue weighted by Crippen LogP contribution is -2.31. The summed E-state index contributed by atoms with van der Waals surface area (Å²) in [6.07, 6.45) is 4.80. The maximum atomic E-state index is 12.0. The van der Waals surface area contributed by atoms with Gasteiger partial charge in [-0.3, -0.25) is 9.69 Å². The predicted octanol–water partition coefficient (Wildman–Crippen LogP) is 6.09. The summed E-state index contributed by atoms with van der Waals surface area (Å²) in [4.78, 5) is 25.9. The zero-order valence-corrected chi connectivity index (χ0v) is 21.9. The molecule has 0 saturated carbocycles. The van der Waals surface area contributed by atoms with Gasteiger partial charge in [-0.25, -0.2) is 4.79 Å². The van der Waals surface area contributed by atoms with Crippen LogP contribution in [0.5, 0.6) is 17.2 Å². The molecule has 0 spiro atoms. The molecule has 0 aliphatic rings. The van der Waals surface area contributed by atoms with Gasteiger partial charge in [-0.05, 0) is 89.0 Å². The van der Waals surface area contributed by atoms with E-state index in [2.05, 4.69) is 31.0 Å². The molecule has 35 heavy (non-hydrogen) atoms. The van der Waals surface area contributed by atoms with E-state index in [-0.39, 0.29) is 12.4 Å². The van der Waals surface area contributed by atoms with Crippen LogP contribution in [0, 0.1) is 13.8 Å². The molecule has 192 valence electrons. The van der Waals surface area contributed by atoms with Crippen molar-refractivity contribution in [1.29, 1.82) is 0 Å². The van der Waals surface area contributed by atoms with Crippen molar-refractivity contribution in [3.8, 4) is 17.2 Å². The number of hydrogen-bond donors (Lipinski definition) is 2. The number of benzene rings is 2. The van der Waals surface area contributed by atoms with Crippen LogP contribution in [-0.2, 0) is 20.9 Å². The standard InChI is InChI=1S/C28H40N2O5/c1-7-9-10-11-14-30(19(3)4)18-22-17-24(12-13-25(22)31)35-26-20(5)15-23(16-21(26)6)29-27(32)28(33)34-8-2/h12-13,15-17,19,31H,7-11,14,18H2,1-6H3,(H,29,32). The van der Waals surface area contributed by atoms with Gasteiger partial charge in [0.2, 0.25) is 0 Å². The molecule has 2 N–H and O–H groups in total. The number of anilines is 1. The van der Waals surface area contributed by atoms with Crippen LogP contribution in [0.1, 0.15) is 70.1 Å². The summed E-state index contributed by atoms with van der Waals surface area (Å²) >= 11 is 0. The van der Waals surface area contributed by atoms with Crippen LogP contribution in [-0.4, -0.2) is 41.1 Å². The molecule has 1 amide bonds. The number of ether oxygens (including phenoxy) is 2. The number of phenols is 1. The van der Waals surface area contributed by atoms with Crippen LogP contribution in [0.25, 0.3) is 0 Å². The highest BCUT2D eigenvalue weighted by Crippen LogP contribution is 2.34. The maximum absolute atomic E-state index is 12.0. The van der Waals surface area contributed by atoms with Gasteiger partial charge in [0.1, 0.15) is 17.2 Å². The van der Waals surface area contributed by atoms with Crippen LogP contribution in [0.2, 0.25) is 0 Å². The van der Waals surface area contributed by atoms with E-state index < -0.39 is 11.9 Å². The summed E-state index contributed by atoms with van der Waals surface area (Å²) < 4.78 is 10.9. The number of esters is 1. The average molecular weight is 485 g/mol. The van der Waals surface area contributed by atoms with Gasteiger partial charge in [0.05, 0.1) is 6.61 Å². The van der Waals surface area contributed by atoms with E-state index >= 15 is 0 Å². The number of aromatic hydroxyl groups is 1. The number of nitrogens with one attached hydrogen (secondary N) is 1. The molecule has 0 unspecified atom stereocenters. The van der Waals surface area contributed by atoms with Crippen molar-refractivity contribution in [1.82, 2.24) is 4.90 Å². The fourth-order valence-electron chi connectivity index (χ4n) is 3.91. The first-order chi connectivity index (χ1) is 16.7. The molecule has 0 heterocycles. The number of rotatable bonds is 12. The minimum absolute atomic E-state index is 0.138. The second-order valence-electron chi connectivity index (χ2n) is 9.13. The quantitative estimate of drug-likeness (QED) is 0.215. The second-order valence-corrected chi connectivity index (χ2v) is 9.13. The highest BCUT2D eigenvalue weighted by Gasteiger charge is 2.17. The fourth-order valence-corrected chi connectivity index (χ4v) is 3.91. The van der Waals surface area contributed by atoms with Crippen molar-refractivity contribution in [3.63, 3.8) is 0 Å². The highest BCUT2D eigenvalue weighted by atomic mass is 16.5. The average Bonchev–Trinajstić information content (AvgIpc) is 2.80. The molecule has 7 heteroatoms. The molecule has 0 fully saturated rings. The molecule has 0 bridgehead atoms. The third-order valence-corrected chi connectivity index (χ3v) is 5.85. The molecule has 0 radical (unpaired) electrons.